The Morgan fingerprint density at radius 3 is 2.41 bits per heavy atom. The van der Waals surface area contributed by atoms with Crippen molar-refractivity contribution in [2.45, 2.75) is 44.4 Å². The summed E-state index contributed by atoms with van der Waals surface area (Å²) in [5.41, 5.74) is 3.18. The Labute approximate surface area is 158 Å². The van der Waals surface area contributed by atoms with E-state index in [1.165, 1.54) is 56.2 Å². The topological polar surface area (TPSA) is 42.2 Å². The lowest BCUT2D eigenvalue weighted by atomic mass is 9.90. The number of nitrogens with one attached hydrogen (secondary N) is 1. The lowest BCUT2D eigenvalue weighted by Gasteiger charge is -2.14. The molecule has 1 saturated carbocycles. The van der Waals surface area contributed by atoms with E-state index < -0.39 is 0 Å². The summed E-state index contributed by atoms with van der Waals surface area (Å²) in [6.45, 7) is 0. The van der Waals surface area contributed by atoms with Gasteiger partial charge in [-0.15, -0.1) is 0 Å². The van der Waals surface area contributed by atoms with Crippen LogP contribution in [0.15, 0.2) is 46.9 Å². The minimum absolute atomic E-state index is 0.189. The van der Waals surface area contributed by atoms with Crippen molar-refractivity contribution in [3.05, 3.63) is 59.4 Å². The van der Waals surface area contributed by atoms with Gasteiger partial charge in [0.15, 0.2) is 0 Å². The number of amides is 1. The van der Waals surface area contributed by atoms with Gasteiger partial charge in [0, 0.05) is 18.0 Å². The molecule has 27 heavy (non-hydrogen) atoms. The second kappa shape index (κ2) is 7.55. The van der Waals surface area contributed by atoms with E-state index in [1.54, 1.807) is 19.2 Å². The van der Waals surface area contributed by atoms with Crippen LogP contribution in [0.5, 0.6) is 0 Å². The van der Waals surface area contributed by atoms with Gasteiger partial charge >= 0.3 is 0 Å². The fourth-order valence-corrected chi connectivity index (χ4v) is 4.14. The molecule has 1 heterocycles. The normalized spacial score (nSPS) is 15.6. The van der Waals surface area contributed by atoms with Crippen molar-refractivity contribution in [1.82, 2.24) is 5.32 Å². The largest absolute Gasteiger partial charge is 0.455 e. The van der Waals surface area contributed by atoms with Crippen LogP contribution in [0, 0.1) is 5.82 Å². The average Bonchev–Trinajstić information content (AvgIpc) is 2.87. The molecule has 0 unspecified atom stereocenters. The zero-order valence-corrected chi connectivity index (χ0v) is 15.6. The highest BCUT2D eigenvalue weighted by molar-refractivity contribution is 6.11. The maximum absolute atomic E-state index is 13.3. The van der Waals surface area contributed by atoms with E-state index in [2.05, 4.69) is 17.4 Å². The Morgan fingerprint density at radius 2 is 1.74 bits per heavy atom. The molecule has 1 amide bonds. The number of benzene rings is 2. The molecule has 1 N–H and O–H groups in total. The predicted molar refractivity (Wildman–Crippen MR) is 105 cm³/mol. The minimum atomic E-state index is -0.313. The zero-order valence-electron chi connectivity index (χ0n) is 15.6. The zero-order chi connectivity index (χ0) is 18.8. The second-order valence-electron chi connectivity index (χ2n) is 7.34. The molecule has 3 nitrogen and oxygen atoms in total. The van der Waals surface area contributed by atoms with Crippen LogP contribution in [0.1, 0.15) is 60.4 Å². The summed E-state index contributed by atoms with van der Waals surface area (Å²) in [5, 5.41) is 3.55. The smallest absolute Gasteiger partial charge is 0.255 e. The third-order valence-corrected chi connectivity index (χ3v) is 5.60. The Bertz CT molecular complexity index is 950. The Hall–Kier alpha value is -2.62. The monoisotopic (exact) mass is 365 g/mol. The molecule has 0 spiro atoms. The van der Waals surface area contributed by atoms with Crippen molar-refractivity contribution in [3.8, 4) is 11.3 Å². The van der Waals surface area contributed by atoms with Gasteiger partial charge in [-0.2, -0.15) is 0 Å². The number of halogens is 1. The first-order chi connectivity index (χ1) is 13.2. The van der Waals surface area contributed by atoms with Crippen LogP contribution in [-0.2, 0) is 0 Å². The van der Waals surface area contributed by atoms with Crippen LogP contribution in [0.2, 0.25) is 0 Å². The lowest BCUT2D eigenvalue weighted by molar-refractivity contribution is 0.0964. The van der Waals surface area contributed by atoms with Crippen LogP contribution < -0.4 is 5.32 Å². The quantitative estimate of drug-likeness (QED) is 0.575. The molecule has 0 bridgehead atoms. The molecule has 4 rings (SSSR count). The summed E-state index contributed by atoms with van der Waals surface area (Å²) in [4.78, 5) is 12.6. The van der Waals surface area contributed by atoms with Crippen LogP contribution in [0.25, 0.3) is 22.3 Å². The molecular formula is C23H24FNO2. The van der Waals surface area contributed by atoms with Crippen LogP contribution >= 0.6 is 0 Å². The van der Waals surface area contributed by atoms with E-state index in [1.807, 2.05) is 6.07 Å². The first kappa shape index (κ1) is 17.8. The van der Waals surface area contributed by atoms with Gasteiger partial charge in [0.05, 0.1) is 5.56 Å². The fourth-order valence-electron chi connectivity index (χ4n) is 4.14. The lowest BCUT2D eigenvalue weighted by Crippen LogP contribution is -2.18. The van der Waals surface area contributed by atoms with Crippen LogP contribution in [-0.4, -0.2) is 13.0 Å². The molecule has 0 saturated heterocycles. The van der Waals surface area contributed by atoms with Gasteiger partial charge in [-0.1, -0.05) is 31.7 Å². The Morgan fingerprint density at radius 1 is 1.04 bits per heavy atom. The first-order valence-electron chi connectivity index (χ1n) is 9.72. The van der Waals surface area contributed by atoms with Gasteiger partial charge in [-0.05, 0) is 60.7 Å². The number of hydrogen-bond acceptors (Lipinski definition) is 2. The summed E-state index contributed by atoms with van der Waals surface area (Å²) in [5.74, 6) is 0.527. The van der Waals surface area contributed by atoms with E-state index >= 15 is 0 Å². The van der Waals surface area contributed by atoms with Crippen molar-refractivity contribution in [2.24, 2.45) is 0 Å². The van der Waals surface area contributed by atoms with E-state index in [0.29, 0.717) is 28.4 Å². The maximum atomic E-state index is 13.3. The Kier molecular flexibility index (Phi) is 4.97. The van der Waals surface area contributed by atoms with E-state index in [4.69, 9.17) is 4.42 Å². The predicted octanol–water partition coefficient (Wildman–Crippen LogP) is 6.04. The van der Waals surface area contributed by atoms with Crippen molar-refractivity contribution >= 4 is 16.9 Å². The molecule has 4 heteroatoms. The minimum Gasteiger partial charge on any atom is -0.455 e. The number of hydrogen-bond donors (Lipinski definition) is 1. The second-order valence-corrected chi connectivity index (χ2v) is 7.34. The highest BCUT2D eigenvalue weighted by Gasteiger charge is 2.23. The van der Waals surface area contributed by atoms with E-state index in [0.717, 1.165) is 5.39 Å². The van der Waals surface area contributed by atoms with Crippen molar-refractivity contribution in [3.63, 3.8) is 0 Å². The fraction of sp³-hybridized carbons (Fsp3) is 0.348. The summed E-state index contributed by atoms with van der Waals surface area (Å²) in [6.07, 6.45) is 7.53. The van der Waals surface area contributed by atoms with Crippen molar-refractivity contribution in [1.29, 1.82) is 0 Å². The molecular weight excluding hydrogens is 341 g/mol. The number of rotatable bonds is 3. The number of furan rings is 1. The molecule has 1 aliphatic carbocycles. The van der Waals surface area contributed by atoms with Gasteiger partial charge in [0.2, 0.25) is 0 Å². The first-order valence-corrected chi connectivity index (χ1v) is 9.72. The SMILES string of the molecule is CNC(=O)c1c(-c2ccc(F)cc2)oc2ccc(C3CCCCCC3)cc12. The summed E-state index contributed by atoms with van der Waals surface area (Å²) in [6, 6.07) is 12.3. The van der Waals surface area contributed by atoms with Gasteiger partial charge < -0.3 is 9.73 Å². The molecule has 1 fully saturated rings. The van der Waals surface area contributed by atoms with Gasteiger partial charge in [0.25, 0.3) is 5.91 Å². The van der Waals surface area contributed by atoms with Crippen molar-refractivity contribution in [2.75, 3.05) is 7.05 Å². The molecule has 0 atom stereocenters. The van der Waals surface area contributed by atoms with Crippen LogP contribution in [0.3, 0.4) is 0 Å². The number of carbonyl (C=O) groups excluding carboxylic acids is 1. The van der Waals surface area contributed by atoms with E-state index in [-0.39, 0.29) is 11.7 Å². The third-order valence-electron chi connectivity index (χ3n) is 5.60. The molecule has 2 aromatic carbocycles. The van der Waals surface area contributed by atoms with E-state index in [9.17, 15) is 9.18 Å². The van der Waals surface area contributed by atoms with Crippen molar-refractivity contribution < 1.29 is 13.6 Å². The molecule has 1 aliphatic rings. The number of carbonyl (C=O) groups is 1. The standard InChI is InChI=1S/C23H24FNO2/c1-25-23(26)21-19-14-17(15-6-4-2-3-5-7-15)10-13-20(19)27-22(21)16-8-11-18(24)12-9-16/h8-15H,2-7H2,1H3,(H,25,26). The van der Waals surface area contributed by atoms with Gasteiger partial charge in [-0.25, -0.2) is 4.39 Å². The molecule has 3 aromatic rings. The average molecular weight is 365 g/mol. The number of fused-ring (bicyclic) bond motifs is 1. The third kappa shape index (κ3) is 3.48. The maximum Gasteiger partial charge on any atom is 0.255 e. The van der Waals surface area contributed by atoms with Gasteiger partial charge in [-0.3, -0.25) is 4.79 Å². The Balaban J connectivity index is 1.84. The van der Waals surface area contributed by atoms with Crippen LogP contribution in [0.4, 0.5) is 4.39 Å². The summed E-state index contributed by atoms with van der Waals surface area (Å²) in [7, 11) is 1.62. The highest BCUT2D eigenvalue weighted by Crippen LogP contribution is 2.38. The molecule has 0 aliphatic heterocycles. The molecule has 1 aromatic heterocycles. The summed E-state index contributed by atoms with van der Waals surface area (Å²) >= 11 is 0. The molecule has 0 radical (unpaired) electrons. The van der Waals surface area contributed by atoms with Gasteiger partial charge in [0.1, 0.15) is 17.2 Å². The summed E-state index contributed by atoms with van der Waals surface area (Å²) < 4.78 is 19.3. The molecule has 140 valence electrons. The highest BCUT2D eigenvalue weighted by atomic mass is 19.1.